The van der Waals surface area contributed by atoms with Gasteiger partial charge in [0.15, 0.2) is 5.82 Å². The summed E-state index contributed by atoms with van der Waals surface area (Å²) < 4.78 is 16.2. The average molecular weight is 465 g/mol. The van der Waals surface area contributed by atoms with Gasteiger partial charge in [-0.1, -0.05) is 0 Å². The Morgan fingerprint density at radius 1 is 1.12 bits per heavy atom. The molecule has 178 valence electrons. The van der Waals surface area contributed by atoms with Crippen LogP contribution < -0.4 is 15.8 Å². The van der Waals surface area contributed by atoms with Crippen molar-refractivity contribution in [2.45, 2.75) is 56.7 Å². The molecule has 2 N–H and O–H groups in total. The molecule has 0 unspecified atom stereocenters. The molecular formula is C25H29FN6O2. The number of anilines is 1. The lowest BCUT2D eigenvalue weighted by atomic mass is 9.84. The summed E-state index contributed by atoms with van der Waals surface area (Å²) in [5.74, 6) is -0.214. The lowest BCUT2D eigenvalue weighted by Crippen LogP contribution is -2.58. The van der Waals surface area contributed by atoms with Crippen LogP contribution in [-0.4, -0.2) is 49.3 Å². The quantitative estimate of drug-likeness (QED) is 0.612. The number of halogens is 1. The van der Waals surface area contributed by atoms with E-state index in [0.717, 1.165) is 12.8 Å². The number of fused-ring (bicyclic) bond motifs is 2. The Morgan fingerprint density at radius 2 is 1.82 bits per heavy atom. The van der Waals surface area contributed by atoms with Gasteiger partial charge in [-0.15, -0.1) is 10.2 Å². The molecule has 2 aliphatic rings. The van der Waals surface area contributed by atoms with E-state index in [4.69, 9.17) is 0 Å². The van der Waals surface area contributed by atoms with Crippen LogP contribution in [-0.2, 0) is 7.05 Å². The van der Waals surface area contributed by atoms with Gasteiger partial charge in [-0.3, -0.25) is 4.79 Å². The highest BCUT2D eigenvalue weighted by atomic mass is 19.1. The average Bonchev–Trinajstić information content (AvgIpc) is 3.01. The third kappa shape index (κ3) is 3.94. The van der Waals surface area contributed by atoms with Crippen molar-refractivity contribution in [3.63, 3.8) is 0 Å². The fraction of sp³-hybridized carbons (Fsp3) is 0.440. The first-order valence-electron chi connectivity index (χ1n) is 11.5. The molecule has 2 fully saturated rings. The van der Waals surface area contributed by atoms with Gasteiger partial charge in [0.25, 0.3) is 5.56 Å². The van der Waals surface area contributed by atoms with Crippen molar-refractivity contribution in [1.29, 1.82) is 0 Å². The summed E-state index contributed by atoms with van der Waals surface area (Å²) in [5.41, 5.74) is 0.938. The van der Waals surface area contributed by atoms with Gasteiger partial charge in [-0.05, 0) is 69.4 Å². The lowest BCUT2D eigenvalue weighted by molar-refractivity contribution is 0.207. The Morgan fingerprint density at radius 3 is 2.41 bits per heavy atom. The predicted molar refractivity (Wildman–Crippen MR) is 128 cm³/mol. The fourth-order valence-corrected chi connectivity index (χ4v) is 5.57. The molecule has 4 heterocycles. The molecule has 3 aromatic rings. The zero-order chi connectivity index (χ0) is 24.3. The van der Waals surface area contributed by atoms with Gasteiger partial charge in [-0.2, -0.15) is 5.10 Å². The number of nitrogens with one attached hydrogen (secondary N) is 1. The summed E-state index contributed by atoms with van der Waals surface area (Å²) in [5, 5.41) is 26.9. The normalized spacial score (nSPS) is 26.0. The standard InChI is InChI=1S/C25H29FN6O2/c1-24-7-8-25(2,30-24)13-17(12-24)31(3)21-6-5-19(28-29-21)23-18(26)9-15(10-20(23)33)16-11-22(34)32(4)27-14-16/h5-6,9-11,14,17,30,33H,7-8,12-13H2,1-4H3/t17-,24+,25-. The van der Waals surface area contributed by atoms with Crippen LogP contribution in [0.5, 0.6) is 5.75 Å². The molecule has 2 bridgehead atoms. The minimum absolute atomic E-state index is 0.0258. The van der Waals surface area contributed by atoms with Crippen LogP contribution in [0.15, 0.2) is 41.3 Å². The second-order valence-corrected chi connectivity index (χ2v) is 10.3. The molecule has 8 nitrogen and oxygen atoms in total. The van der Waals surface area contributed by atoms with Crippen LogP contribution in [0, 0.1) is 5.82 Å². The Bertz CT molecular complexity index is 1270. The van der Waals surface area contributed by atoms with E-state index >= 15 is 4.39 Å². The van der Waals surface area contributed by atoms with Crippen molar-refractivity contribution in [2.24, 2.45) is 7.05 Å². The van der Waals surface area contributed by atoms with Crippen molar-refractivity contribution in [2.75, 3.05) is 11.9 Å². The Labute approximate surface area is 197 Å². The number of aromatic nitrogens is 4. The van der Waals surface area contributed by atoms with Gasteiger partial charge in [0.1, 0.15) is 11.6 Å². The maximum Gasteiger partial charge on any atom is 0.267 e. The number of piperidine rings is 1. The molecular weight excluding hydrogens is 435 g/mol. The van der Waals surface area contributed by atoms with Gasteiger partial charge >= 0.3 is 0 Å². The summed E-state index contributed by atoms with van der Waals surface area (Å²) in [4.78, 5) is 14.0. The predicted octanol–water partition coefficient (Wildman–Crippen LogP) is 3.25. The first kappa shape index (κ1) is 22.5. The van der Waals surface area contributed by atoms with E-state index in [9.17, 15) is 9.90 Å². The van der Waals surface area contributed by atoms with Gasteiger partial charge in [0.2, 0.25) is 0 Å². The number of phenolic OH excluding ortho intramolecular Hbond substituents is 1. The van der Waals surface area contributed by atoms with Crippen molar-refractivity contribution >= 4 is 5.82 Å². The molecule has 1 aromatic carbocycles. The van der Waals surface area contributed by atoms with Crippen LogP contribution in [0.2, 0.25) is 0 Å². The molecule has 0 radical (unpaired) electrons. The number of aromatic hydroxyl groups is 1. The summed E-state index contributed by atoms with van der Waals surface area (Å²) in [6, 6.07) is 7.83. The number of nitrogens with zero attached hydrogens (tertiary/aromatic N) is 5. The molecule has 0 spiro atoms. The third-order valence-corrected chi connectivity index (χ3v) is 7.39. The number of phenols is 1. The van der Waals surface area contributed by atoms with E-state index in [1.54, 1.807) is 6.07 Å². The second-order valence-electron chi connectivity index (χ2n) is 10.3. The highest BCUT2D eigenvalue weighted by Crippen LogP contribution is 2.44. The molecule has 2 saturated heterocycles. The molecule has 5 rings (SSSR count). The Hall–Kier alpha value is -3.33. The topological polar surface area (TPSA) is 96.2 Å². The third-order valence-electron chi connectivity index (χ3n) is 7.39. The summed E-state index contributed by atoms with van der Waals surface area (Å²) in [6.07, 6.45) is 5.84. The molecule has 0 saturated carbocycles. The van der Waals surface area contributed by atoms with Crippen molar-refractivity contribution in [3.8, 4) is 28.1 Å². The van der Waals surface area contributed by atoms with Gasteiger partial charge < -0.3 is 15.3 Å². The first-order valence-corrected chi connectivity index (χ1v) is 11.5. The van der Waals surface area contributed by atoms with E-state index in [0.29, 0.717) is 23.0 Å². The molecule has 0 aliphatic carbocycles. The lowest BCUT2D eigenvalue weighted by Gasteiger charge is -2.45. The molecule has 2 aliphatic heterocycles. The van der Waals surface area contributed by atoms with Crippen LogP contribution >= 0.6 is 0 Å². The Balaban J connectivity index is 1.40. The molecule has 3 atom stereocenters. The summed E-state index contributed by atoms with van der Waals surface area (Å²) in [7, 11) is 3.56. The van der Waals surface area contributed by atoms with Crippen molar-refractivity contribution < 1.29 is 9.50 Å². The highest BCUT2D eigenvalue weighted by molar-refractivity contribution is 5.74. The van der Waals surface area contributed by atoms with E-state index < -0.39 is 5.82 Å². The molecule has 0 amide bonds. The van der Waals surface area contributed by atoms with E-state index in [2.05, 4.69) is 39.4 Å². The zero-order valence-corrected chi connectivity index (χ0v) is 19.8. The van der Waals surface area contributed by atoms with Gasteiger partial charge in [0, 0.05) is 42.8 Å². The number of benzene rings is 1. The minimum Gasteiger partial charge on any atom is -0.507 e. The number of hydrogen-bond acceptors (Lipinski definition) is 7. The first-order chi connectivity index (χ1) is 16.1. The number of rotatable bonds is 4. The molecule has 9 heteroatoms. The molecule has 34 heavy (non-hydrogen) atoms. The van der Waals surface area contributed by atoms with E-state index in [1.165, 1.54) is 49.0 Å². The maximum absolute atomic E-state index is 15.0. The van der Waals surface area contributed by atoms with E-state index in [1.807, 2.05) is 13.1 Å². The van der Waals surface area contributed by atoms with Crippen LogP contribution in [0.25, 0.3) is 22.4 Å². The highest BCUT2D eigenvalue weighted by Gasteiger charge is 2.49. The van der Waals surface area contributed by atoms with Gasteiger partial charge in [0.05, 0.1) is 17.5 Å². The SMILES string of the molecule is CN(c1ccc(-c2c(O)cc(-c3cnn(C)c(=O)c3)cc2F)nn1)[C@@H]1C[C@]2(C)CC[C@](C)(C1)N2. The summed E-state index contributed by atoms with van der Waals surface area (Å²) >= 11 is 0. The van der Waals surface area contributed by atoms with Gasteiger partial charge in [-0.25, -0.2) is 9.07 Å². The zero-order valence-electron chi connectivity index (χ0n) is 19.8. The second kappa shape index (κ2) is 7.87. The number of aryl methyl sites for hydroxylation is 1. The number of hydrogen-bond donors (Lipinski definition) is 2. The van der Waals surface area contributed by atoms with Crippen LogP contribution in [0.1, 0.15) is 39.5 Å². The smallest absolute Gasteiger partial charge is 0.267 e. The Kier molecular flexibility index (Phi) is 5.20. The largest absolute Gasteiger partial charge is 0.507 e. The van der Waals surface area contributed by atoms with Crippen molar-refractivity contribution in [3.05, 3.63) is 52.7 Å². The van der Waals surface area contributed by atoms with Crippen LogP contribution in [0.4, 0.5) is 10.2 Å². The van der Waals surface area contributed by atoms with Crippen LogP contribution in [0.3, 0.4) is 0 Å². The minimum atomic E-state index is -0.651. The summed E-state index contributed by atoms with van der Waals surface area (Å²) in [6.45, 7) is 4.57. The fourth-order valence-electron chi connectivity index (χ4n) is 5.57. The van der Waals surface area contributed by atoms with Crippen molar-refractivity contribution in [1.82, 2.24) is 25.3 Å². The maximum atomic E-state index is 15.0. The monoisotopic (exact) mass is 464 g/mol. The molecule has 2 aromatic heterocycles. The van der Waals surface area contributed by atoms with E-state index in [-0.39, 0.29) is 33.6 Å².